The maximum atomic E-state index is 12.4. The minimum absolute atomic E-state index is 0. The van der Waals surface area contributed by atoms with E-state index in [1.807, 2.05) is 71.5 Å². The van der Waals surface area contributed by atoms with Gasteiger partial charge in [-0.2, -0.15) is 11.8 Å². The van der Waals surface area contributed by atoms with Crippen LogP contribution in [0.1, 0.15) is 47.1 Å². The monoisotopic (exact) mass is 487 g/mol. The van der Waals surface area contributed by atoms with Gasteiger partial charge < -0.3 is 26.5 Å². The number of ether oxygens (including phenoxy) is 2. The molecule has 0 radical (unpaired) electrons. The molecule has 0 spiro atoms. The first-order chi connectivity index (χ1) is 12.9. The highest BCUT2D eigenvalue weighted by Crippen LogP contribution is 2.35. The zero-order valence-corrected chi connectivity index (χ0v) is 20.8. The summed E-state index contributed by atoms with van der Waals surface area (Å²) >= 11 is 1.84. The van der Waals surface area contributed by atoms with Crippen molar-refractivity contribution in [2.24, 2.45) is 0 Å². The van der Waals surface area contributed by atoms with Crippen molar-refractivity contribution in [1.82, 2.24) is 0 Å². The van der Waals surface area contributed by atoms with E-state index in [2.05, 4.69) is 12.1 Å². The smallest absolute Gasteiger partial charge is 0.362 e. The highest BCUT2D eigenvalue weighted by atomic mass is 79.9. The summed E-state index contributed by atoms with van der Waals surface area (Å²) in [5.74, 6) is 1.31. The molecule has 1 atom stereocenters. The summed E-state index contributed by atoms with van der Waals surface area (Å²) in [7, 11) is 0. The first-order valence-corrected chi connectivity index (χ1v) is 11.0. The van der Waals surface area contributed by atoms with E-state index in [4.69, 9.17) is 9.47 Å². The summed E-state index contributed by atoms with van der Waals surface area (Å²) < 4.78 is 11.4. The van der Waals surface area contributed by atoms with Crippen LogP contribution in [0, 0.1) is 0 Å². The molecule has 0 amide bonds. The number of carbonyl (C=O) groups excluding carboxylic acids is 2. The van der Waals surface area contributed by atoms with Crippen molar-refractivity contribution in [3.63, 3.8) is 0 Å². The fourth-order valence-electron chi connectivity index (χ4n) is 3.18. The van der Waals surface area contributed by atoms with Gasteiger partial charge in [-0.1, -0.05) is 30.3 Å². The summed E-state index contributed by atoms with van der Waals surface area (Å²) in [5, 5.41) is 0. The van der Waals surface area contributed by atoms with Gasteiger partial charge in [0, 0.05) is 5.75 Å². The molecule has 1 aliphatic rings. The van der Waals surface area contributed by atoms with Crippen LogP contribution < -0.4 is 17.0 Å². The topological polar surface area (TPSA) is 52.6 Å². The molecule has 0 saturated carbocycles. The normalized spacial score (nSPS) is 17.8. The molecule has 1 heterocycles. The number of halogens is 1. The Morgan fingerprint density at radius 1 is 0.966 bits per heavy atom. The number of quaternary nitrogens is 1. The highest BCUT2D eigenvalue weighted by Gasteiger charge is 2.57. The van der Waals surface area contributed by atoms with E-state index < -0.39 is 11.2 Å². The Kier molecular flexibility index (Phi) is 9.24. The van der Waals surface area contributed by atoms with Crippen LogP contribution in [0.25, 0.3) is 0 Å². The zero-order valence-electron chi connectivity index (χ0n) is 18.4. The largest absolute Gasteiger partial charge is 1.00 e. The van der Waals surface area contributed by atoms with Gasteiger partial charge in [0.2, 0.25) is 0 Å². The Labute approximate surface area is 189 Å². The molecule has 1 aromatic rings. The number of benzene rings is 1. The fourth-order valence-corrected chi connectivity index (χ4v) is 4.42. The lowest BCUT2D eigenvalue weighted by Gasteiger charge is -2.25. The molecular weight excluding hydrogens is 454 g/mol. The number of carbonyl (C=O) groups is 2. The van der Waals surface area contributed by atoms with Crippen LogP contribution in [0.3, 0.4) is 0 Å². The van der Waals surface area contributed by atoms with Gasteiger partial charge in [-0.05, 0) is 47.1 Å². The molecule has 1 saturated heterocycles. The molecule has 2 rings (SSSR count). The van der Waals surface area contributed by atoms with Crippen LogP contribution in [0.2, 0.25) is 0 Å². The first kappa shape index (κ1) is 26.0. The predicted octanol–water partition coefficient (Wildman–Crippen LogP) is 0.806. The lowest BCUT2D eigenvalue weighted by atomic mass is 10.2. The number of hydrogen-bond acceptors (Lipinski definition) is 5. The zero-order chi connectivity index (χ0) is 21.0. The minimum atomic E-state index is -0.527. The molecule has 0 N–H and O–H groups in total. The maximum Gasteiger partial charge on any atom is 0.362 e. The van der Waals surface area contributed by atoms with Crippen molar-refractivity contribution < 1.29 is 40.5 Å². The molecule has 1 aliphatic heterocycles. The average molecular weight is 488 g/mol. The second kappa shape index (κ2) is 10.3. The van der Waals surface area contributed by atoms with Crippen LogP contribution in [-0.4, -0.2) is 59.1 Å². The summed E-state index contributed by atoms with van der Waals surface area (Å²) in [4.78, 5) is 24.9. The van der Waals surface area contributed by atoms with E-state index in [-0.39, 0.29) is 48.1 Å². The molecule has 0 aliphatic carbocycles. The standard InChI is InChI=1S/C22H34NO4S.BrH/c1-21(2,3)26-19(24)13-23(14-20(25)27-22(4,5)6)12-18(23)16-28-15-17-10-8-7-9-11-17;/h7-11,18H,12-16H2,1-6H3;1H/q+1;/p-1/t18-;/m0./s1. The van der Waals surface area contributed by atoms with Gasteiger partial charge in [-0.3, -0.25) is 4.48 Å². The number of rotatable bonds is 8. The molecule has 1 aromatic carbocycles. The number of thioether (sulfide) groups is 1. The molecule has 29 heavy (non-hydrogen) atoms. The molecule has 5 nitrogen and oxygen atoms in total. The first-order valence-electron chi connectivity index (χ1n) is 9.80. The van der Waals surface area contributed by atoms with Crippen LogP contribution in [0.15, 0.2) is 30.3 Å². The van der Waals surface area contributed by atoms with Crippen molar-refractivity contribution in [2.45, 2.75) is 64.5 Å². The van der Waals surface area contributed by atoms with E-state index in [1.54, 1.807) is 0 Å². The predicted molar refractivity (Wildman–Crippen MR) is 113 cm³/mol. The van der Waals surface area contributed by atoms with Gasteiger partial charge in [0.05, 0.1) is 5.75 Å². The van der Waals surface area contributed by atoms with E-state index in [1.165, 1.54) is 5.56 Å². The molecular formula is C22H34BrNO4S. The number of nitrogens with zero attached hydrogens (tertiary/aromatic N) is 1. The quantitative estimate of drug-likeness (QED) is 0.308. The maximum absolute atomic E-state index is 12.4. The van der Waals surface area contributed by atoms with Crippen molar-refractivity contribution in [1.29, 1.82) is 0 Å². The third-order valence-electron chi connectivity index (χ3n) is 4.37. The van der Waals surface area contributed by atoms with Crippen molar-refractivity contribution >= 4 is 23.7 Å². The Balaban J connectivity index is 0.00000420. The van der Waals surface area contributed by atoms with E-state index in [0.717, 1.165) is 18.1 Å². The Bertz CT molecular complexity index is 652. The lowest BCUT2D eigenvalue weighted by molar-refractivity contribution is -0.796. The minimum Gasteiger partial charge on any atom is -1.00 e. The van der Waals surface area contributed by atoms with E-state index >= 15 is 0 Å². The van der Waals surface area contributed by atoms with Gasteiger partial charge >= 0.3 is 11.9 Å². The van der Waals surface area contributed by atoms with Crippen LogP contribution in [0.4, 0.5) is 0 Å². The van der Waals surface area contributed by atoms with Gasteiger partial charge in [-0.15, -0.1) is 0 Å². The Morgan fingerprint density at radius 3 is 1.90 bits per heavy atom. The van der Waals surface area contributed by atoms with E-state index in [9.17, 15) is 9.59 Å². The second-order valence-electron chi connectivity index (χ2n) is 9.54. The third kappa shape index (κ3) is 9.53. The summed E-state index contributed by atoms with van der Waals surface area (Å²) in [6, 6.07) is 10.6. The van der Waals surface area contributed by atoms with Gasteiger partial charge in [-0.25, -0.2) is 9.59 Å². The highest BCUT2D eigenvalue weighted by molar-refractivity contribution is 7.98. The SMILES string of the molecule is CC(C)(C)OC(=O)C[N+]1(CC(=O)OC(C)(C)C)C[C@H]1CSCc1ccccc1.[Br-]. The molecule has 164 valence electrons. The summed E-state index contributed by atoms with van der Waals surface area (Å²) in [6.07, 6.45) is 0. The van der Waals surface area contributed by atoms with E-state index in [0.29, 0.717) is 4.48 Å². The molecule has 1 fully saturated rings. The average Bonchev–Trinajstić information content (AvgIpc) is 3.15. The summed E-state index contributed by atoms with van der Waals surface area (Å²) in [5.41, 5.74) is 0.228. The van der Waals surface area contributed by atoms with Gasteiger partial charge in [0.15, 0.2) is 13.1 Å². The second-order valence-corrected chi connectivity index (χ2v) is 10.6. The molecule has 0 aromatic heterocycles. The van der Waals surface area contributed by atoms with Crippen molar-refractivity contribution in [2.75, 3.05) is 25.4 Å². The van der Waals surface area contributed by atoms with Crippen molar-refractivity contribution in [3.8, 4) is 0 Å². The Hall–Kier alpha value is -1.05. The fraction of sp³-hybridized carbons (Fsp3) is 0.636. The van der Waals surface area contributed by atoms with Crippen LogP contribution in [-0.2, 0) is 24.8 Å². The molecule has 7 heteroatoms. The van der Waals surface area contributed by atoms with Gasteiger partial charge in [0.1, 0.15) is 23.8 Å². The summed E-state index contributed by atoms with van der Waals surface area (Å²) in [6.45, 7) is 12.4. The number of hydrogen-bond donors (Lipinski definition) is 0. The number of esters is 2. The molecule has 0 unspecified atom stereocenters. The lowest BCUT2D eigenvalue weighted by Crippen LogP contribution is -3.00. The van der Waals surface area contributed by atoms with Crippen LogP contribution >= 0.6 is 11.8 Å². The Morgan fingerprint density at radius 2 is 1.45 bits per heavy atom. The third-order valence-corrected chi connectivity index (χ3v) is 5.52. The molecule has 0 bridgehead atoms. The van der Waals surface area contributed by atoms with Crippen LogP contribution in [0.5, 0.6) is 0 Å². The van der Waals surface area contributed by atoms with Gasteiger partial charge in [0.25, 0.3) is 0 Å². The van der Waals surface area contributed by atoms with Crippen molar-refractivity contribution in [3.05, 3.63) is 35.9 Å².